The van der Waals surface area contributed by atoms with E-state index in [-0.39, 0.29) is 10.8 Å². The number of halogens is 1. The van der Waals surface area contributed by atoms with Crippen molar-refractivity contribution in [2.24, 2.45) is 5.90 Å². The third-order valence-electron chi connectivity index (χ3n) is 5.75. The van der Waals surface area contributed by atoms with E-state index in [1.54, 1.807) is 11.0 Å². The number of carbonyl (C=O) groups excluding carboxylic acids is 1. The normalized spacial score (nSPS) is 13.7. The Labute approximate surface area is 199 Å². The Bertz CT molecular complexity index is 1300. The molecule has 8 heteroatoms. The molecule has 1 heterocycles. The number of anilines is 2. The van der Waals surface area contributed by atoms with Gasteiger partial charge in [-0.15, -0.1) is 11.3 Å². The number of hydrogen-bond acceptors (Lipinski definition) is 5. The molecule has 0 spiro atoms. The van der Waals surface area contributed by atoms with Gasteiger partial charge in [-0.3, -0.25) is 9.69 Å². The fourth-order valence-corrected chi connectivity index (χ4v) is 5.02. The molecule has 0 bridgehead atoms. The van der Waals surface area contributed by atoms with E-state index in [0.717, 1.165) is 39.9 Å². The van der Waals surface area contributed by atoms with Crippen LogP contribution in [0.2, 0.25) is 5.02 Å². The number of para-hydroxylation sites is 1. The van der Waals surface area contributed by atoms with E-state index in [0.29, 0.717) is 5.02 Å². The molecule has 0 unspecified atom stereocenters. The highest BCUT2D eigenvalue weighted by molar-refractivity contribution is 7.20. The quantitative estimate of drug-likeness (QED) is 0.305. The second kappa shape index (κ2) is 9.33. The van der Waals surface area contributed by atoms with Crippen molar-refractivity contribution in [2.45, 2.75) is 18.3 Å². The van der Waals surface area contributed by atoms with Crippen molar-refractivity contribution in [2.75, 3.05) is 4.90 Å². The molecule has 1 fully saturated rings. The summed E-state index contributed by atoms with van der Waals surface area (Å²) in [5, 5.41) is 17.3. The van der Waals surface area contributed by atoms with Crippen LogP contribution in [0.5, 0.6) is 0 Å². The number of carboxylic acids is 1. The predicted molar refractivity (Wildman–Crippen MR) is 131 cm³/mol. The minimum Gasteiger partial charge on any atom is -0.477 e. The molecule has 0 radical (unpaired) electrons. The second-order valence-electron chi connectivity index (χ2n) is 7.70. The molecule has 1 aliphatic rings. The van der Waals surface area contributed by atoms with E-state index in [2.05, 4.69) is 5.90 Å². The van der Waals surface area contributed by atoms with E-state index in [9.17, 15) is 14.7 Å². The number of thiophene rings is 1. The summed E-state index contributed by atoms with van der Waals surface area (Å²) in [5.74, 6) is 2.56. The molecule has 6 nitrogen and oxygen atoms in total. The summed E-state index contributed by atoms with van der Waals surface area (Å²) >= 11 is 7.27. The molecule has 1 aliphatic carbocycles. The van der Waals surface area contributed by atoms with Crippen LogP contribution in [0, 0.1) is 0 Å². The third-order valence-corrected chi connectivity index (χ3v) is 7.08. The van der Waals surface area contributed by atoms with Crippen molar-refractivity contribution >= 4 is 56.3 Å². The van der Waals surface area contributed by atoms with Crippen LogP contribution in [0.4, 0.5) is 11.4 Å². The van der Waals surface area contributed by atoms with Gasteiger partial charge in [-0.25, -0.2) is 10.7 Å². The van der Waals surface area contributed by atoms with Crippen LogP contribution in [0.1, 0.15) is 28.1 Å². The fraction of sp³-hybridized carbons (Fsp3) is 0.120. The van der Waals surface area contributed by atoms with E-state index in [1.807, 2.05) is 72.8 Å². The SMILES string of the molecule is NO.O=C(O)c1cc2ccc(N(C(=O)C3(c4ccc(Cl)cc4)CC3)c3ccccc3)cc2s1. The van der Waals surface area contributed by atoms with Crippen LogP contribution in [0.3, 0.4) is 0 Å². The average Bonchev–Trinajstić information content (AvgIpc) is 3.54. The van der Waals surface area contributed by atoms with Crippen molar-refractivity contribution in [3.63, 3.8) is 0 Å². The molecule has 168 valence electrons. The monoisotopic (exact) mass is 480 g/mol. The molecule has 33 heavy (non-hydrogen) atoms. The van der Waals surface area contributed by atoms with E-state index < -0.39 is 11.4 Å². The van der Waals surface area contributed by atoms with Crippen LogP contribution in [-0.2, 0) is 10.2 Å². The number of benzene rings is 3. The fourth-order valence-electron chi connectivity index (χ4n) is 3.96. The molecule has 1 amide bonds. The number of hydrogen-bond donors (Lipinski definition) is 3. The minimum absolute atomic E-state index is 0.00962. The number of carboxylic acid groups (broad SMARTS) is 1. The highest BCUT2D eigenvalue weighted by atomic mass is 35.5. The first-order valence-electron chi connectivity index (χ1n) is 10.2. The lowest BCUT2D eigenvalue weighted by Crippen LogP contribution is -2.36. The number of amides is 1. The Kier molecular flexibility index (Phi) is 6.49. The van der Waals surface area contributed by atoms with Crippen LogP contribution in [0.15, 0.2) is 78.9 Å². The molecule has 4 N–H and O–H groups in total. The second-order valence-corrected chi connectivity index (χ2v) is 9.22. The van der Waals surface area contributed by atoms with Gasteiger partial charge in [0.25, 0.3) is 0 Å². The Balaban J connectivity index is 0.00000126. The molecule has 0 saturated heterocycles. The zero-order chi connectivity index (χ0) is 23.6. The number of aromatic carboxylic acids is 1. The van der Waals surface area contributed by atoms with Gasteiger partial charge in [-0.05, 0) is 66.3 Å². The topological polar surface area (TPSA) is 104 Å². The first kappa shape index (κ1) is 22.9. The Morgan fingerprint density at radius 1 is 0.909 bits per heavy atom. The summed E-state index contributed by atoms with van der Waals surface area (Å²) < 4.78 is 0.833. The molecule has 1 saturated carbocycles. The van der Waals surface area contributed by atoms with Crippen molar-refractivity contribution in [1.82, 2.24) is 0 Å². The maximum Gasteiger partial charge on any atom is 0.345 e. The summed E-state index contributed by atoms with van der Waals surface area (Å²) in [4.78, 5) is 27.4. The van der Waals surface area contributed by atoms with Gasteiger partial charge in [-0.1, -0.05) is 48.0 Å². The summed E-state index contributed by atoms with van der Waals surface area (Å²) in [5.41, 5.74) is 1.90. The first-order chi connectivity index (χ1) is 16.0. The molecule has 0 aliphatic heterocycles. The van der Waals surface area contributed by atoms with Gasteiger partial charge in [0, 0.05) is 15.4 Å². The Hall–Kier alpha value is -3.23. The smallest absolute Gasteiger partial charge is 0.345 e. The highest BCUT2D eigenvalue weighted by Gasteiger charge is 2.53. The maximum absolute atomic E-state index is 14.0. The lowest BCUT2D eigenvalue weighted by Gasteiger charge is -2.28. The molecule has 4 aromatic rings. The Morgan fingerprint density at radius 3 is 2.18 bits per heavy atom. The molecule has 5 rings (SSSR count). The van der Waals surface area contributed by atoms with Gasteiger partial charge in [-0.2, -0.15) is 0 Å². The zero-order valence-electron chi connectivity index (χ0n) is 17.4. The number of rotatable bonds is 5. The van der Waals surface area contributed by atoms with E-state index >= 15 is 0 Å². The lowest BCUT2D eigenvalue weighted by molar-refractivity contribution is -0.120. The van der Waals surface area contributed by atoms with Crippen LogP contribution in [-0.4, -0.2) is 22.2 Å². The van der Waals surface area contributed by atoms with Crippen molar-refractivity contribution in [3.8, 4) is 0 Å². The van der Waals surface area contributed by atoms with E-state index in [1.165, 1.54) is 11.3 Å². The number of fused-ring (bicyclic) bond motifs is 1. The van der Waals surface area contributed by atoms with Gasteiger partial charge in [0.15, 0.2) is 0 Å². The molecular weight excluding hydrogens is 460 g/mol. The van der Waals surface area contributed by atoms with Gasteiger partial charge < -0.3 is 10.3 Å². The van der Waals surface area contributed by atoms with E-state index in [4.69, 9.17) is 16.8 Å². The van der Waals surface area contributed by atoms with Crippen LogP contribution >= 0.6 is 22.9 Å². The summed E-state index contributed by atoms with van der Waals surface area (Å²) in [6.07, 6.45) is 1.56. The van der Waals surface area contributed by atoms with Crippen LogP contribution < -0.4 is 10.8 Å². The summed E-state index contributed by atoms with van der Waals surface area (Å²) in [6, 6.07) is 24.4. The molecule has 0 atom stereocenters. The zero-order valence-corrected chi connectivity index (χ0v) is 19.0. The lowest BCUT2D eigenvalue weighted by atomic mass is 9.93. The standard InChI is InChI=1S/C25H18ClNO3S.H3NO/c26-18-9-7-17(8-10-18)25(12-13-25)24(30)27(19-4-2-1-3-5-19)20-11-6-16-14-22(23(28)29)31-21(16)15-20;1-2/h1-11,14-15H,12-13H2,(H,28,29);2H,1H2. The minimum atomic E-state index is -0.946. The largest absolute Gasteiger partial charge is 0.477 e. The predicted octanol–water partition coefficient (Wildman–Crippen LogP) is 5.98. The third kappa shape index (κ3) is 4.36. The van der Waals surface area contributed by atoms with Crippen molar-refractivity contribution in [1.29, 1.82) is 0 Å². The summed E-state index contributed by atoms with van der Waals surface area (Å²) in [6.45, 7) is 0. The number of carbonyl (C=O) groups is 2. The van der Waals surface area contributed by atoms with Crippen molar-refractivity contribution < 1.29 is 19.9 Å². The molecule has 3 aromatic carbocycles. The van der Waals surface area contributed by atoms with Gasteiger partial charge in [0.2, 0.25) is 5.91 Å². The maximum atomic E-state index is 14.0. The van der Waals surface area contributed by atoms with Gasteiger partial charge >= 0.3 is 5.97 Å². The first-order valence-corrected chi connectivity index (χ1v) is 11.4. The van der Waals surface area contributed by atoms with Crippen LogP contribution in [0.25, 0.3) is 10.1 Å². The summed E-state index contributed by atoms with van der Waals surface area (Å²) in [7, 11) is 0. The average molecular weight is 481 g/mol. The highest BCUT2D eigenvalue weighted by Crippen LogP contribution is 2.51. The van der Waals surface area contributed by atoms with Gasteiger partial charge in [0.05, 0.1) is 11.1 Å². The Morgan fingerprint density at radius 2 is 1.58 bits per heavy atom. The van der Waals surface area contributed by atoms with Gasteiger partial charge in [0.1, 0.15) is 4.88 Å². The molecular formula is C25H21ClN2O4S. The number of nitrogens with two attached hydrogens (primary N) is 1. The number of nitrogens with zero attached hydrogens (tertiary/aromatic N) is 1. The molecule has 1 aromatic heterocycles. The van der Waals surface area contributed by atoms with Crippen molar-refractivity contribution in [3.05, 3.63) is 94.3 Å².